The Morgan fingerprint density at radius 1 is 1.40 bits per heavy atom. The predicted octanol–water partition coefficient (Wildman–Crippen LogP) is 2.00. The zero-order valence-corrected chi connectivity index (χ0v) is 15.1. The van der Waals surface area contributed by atoms with Crippen LogP contribution in [0.2, 0.25) is 0 Å². The predicted molar refractivity (Wildman–Crippen MR) is 96.4 cm³/mol. The van der Waals surface area contributed by atoms with Crippen LogP contribution in [-0.4, -0.2) is 44.8 Å². The second-order valence-corrected chi connectivity index (χ2v) is 6.72. The SMILES string of the molecule is CC(=O)O.NCc1nnc(SCC2CCOC2)n1Cc1ccccc1. The van der Waals surface area contributed by atoms with Gasteiger partial charge in [-0.25, -0.2) is 0 Å². The monoisotopic (exact) mass is 364 g/mol. The van der Waals surface area contributed by atoms with Crippen LogP contribution in [0.15, 0.2) is 35.5 Å². The molecule has 0 radical (unpaired) electrons. The smallest absolute Gasteiger partial charge is 0.300 e. The molecule has 1 aliphatic rings. The lowest BCUT2D eigenvalue weighted by atomic mass is 10.2. The summed E-state index contributed by atoms with van der Waals surface area (Å²) in [4.78, 5) is 9.00. The number of carboxylic acid groups (broad SMARTS) is 1. The molecule has 0 bridgehead atoms. The van der Waals surface area contributed by atoms with E-state index in [1.165, 1.54) is 5.56 Å². The quantitative estimate of drug-likeness (QED) is 0.756. The molecule has 1 atom stereocenters. The lowest BCUT2D eigenvalue weighted by Gasteiger charge is -2.11. The molecule has 1 fully saturated rings. The van der Waals surface area contributed by atoms with E-state index in [1.807, 2.05) is 18.2 Å². The van der Waals surface area contributed by atoms with Crippen LogP contribution in [-0.2, 0) is 22.6 Å². The first-order valence-corrected chi connectivity index (χ1v) is 9.14. The van der Waals surface area contributed by atoms with Crippen LogP contribution < -0.4 is 5.73 Å². The van der Waals surface area contributed by atoms with Gasteiger partial charge in [0.05, 0.1) is 19.7 Å². The number of ether oxygens (including phenoxy) is 1. The normalized spacial score (nSPS) is 16.3. The van der Waals surface area contributed by atoms with Crippen LogP contribution >= 0.6 is 11.8 Å². The molecule has 2 heterocycles. The summed E-state index contributed by atoms with van der Waals surface area (Å²) in [5.74, 6) is 1.65. The van der Waals surface area contributed by atoms with Crippen molar-refractivity contribution < 1.29 is 14.6 Å². The van der Waals surface area contributed by atoms with E-state index in [2.05, 4.69) is 26.9 Å². The largest absolute Gasteiger partial charge is 0.481 e. The number of nitrogens with two attached hydrogens (primary N) is 1. The molecule has 25 heavy (non-hydrogen) atoms. The standard InChI is InChI=1S/C15H20N4OS.C2H4O2/c16-8-14-17-18-15(21-11-13-6-7-20-10-13)19(14)9-12-4-2-1-3-5-12;1-2(3)4/h1-5,13H,6-11,16H2;1H3,(H,3,4). The van der Waals surface area contributed by atoms with Crippen molar-refractivity contribution in [3.05, 3.63) is 41.7 Å². The Hall–Kier alpha value is -1.90. The summed E-state index contributed by atoms with van der Waals surface area (Å²) in [7, 11) is 0. The number of aliphatic carboxylic acids is 1. The number of hydrogen-bond donors (Lipinski definition) is 2. The zero-order chi connectivity index (χ0) is 18.1. The third-order valence-electron chi connectivity index (χ3n) is 3.63. The van der Waals surface area contributed by atoms with Crippen molar-refractivity contribution in [3.8, 4) is 0 Å². The molecule has 1 unspecified atom stereocenters. The summed E-state index contributed by atoms with van der Waals surface area (Å²) in [5, 5.41) is 16.9. The zero-order valence-electron chi connectivity index (χ0n) is 14.3. The van der Waals surface area contributed by atoms with Crippen molar-refractivity contribution >= 4 is 17.7 Å². The molecule has 136 valence electrons. The summed E-state index contributed by atoms with van der Waals surface area (Å²) >= 11 is 1.75. The number of thioether (sulfide) groups is 1. The molecule has 7 nitrogen and oxygen atoms in total. The lowest BCUT2D eigenvalue weighted by Crippen LogP contribution is -2.11. The highest BCUT2D eigenvalue weighted by molar-refractivity contribution is 7.99. The van der Waals surface area contributed by atoms with E-state index in [1.54, 1.807) is 11.8 Å². The van der Waals surface area contributed by atoms with Crippen molar-refractivity contribution in [2.24, 2.45) is 11.7 Å². The summed E-state index contributed by atoms with van der Waals surface area (Å²) in [5.41, 5.74) is 7.02. The number of benzene rings is 1. The Bertz CT molecular complexity index is 653. The van der Waals surface area contributed by atoms with Gasteiger partial charge in [-0.15, -0.1) is 10.2 Å². The number of rotatable bonds is 6. The molecule has 3 rings (SSSR count). The van der Waals surface area contributed by atoms with E-state index in [4.69, 9.17) is 20.4 Å². The second-order valence-electron chi connectivity index (χ2n) is 5.73. The van der Waals surface area contributed by atoms with E-state index < -0.39 is 5.97 Å². The van der Waals surface area contributed by atoms with Crippen LogP contribution in [0.25, 0.3) is 0 Å². The minimum absolute atomic E-state index is 0.410. The Morgan fingerprint density at radius 2 is 2.12 bits per heavy atom. The third kappa shape index (κ3) is 6.49. The Balaban J connectivity index is 0.000000511. The molecule has 8 heteroatoms. The van der Waals surface area contributed by atoms with Gasteiger partial charge in [0, 0.05) is 19.3 Å². The highest BCUT2D eigenvalue weighted by Gasteiger charge is 2.18. The van der Waals surface area contributed by atoms with E-state index in [9.17, 15) is 0 Å². The molecule has 1 aliphatic heterocycles. The fourth-order valence-electron chi connectivity index (χ4n) is 2.41. The summed E-state index contributed by atoms with van der Waals surface area (Å²) in [6, 6.07) is 10.3. The number of carboxylic acids is 1. The molecular weight excluding hydrogens is 340 g/mol. The fraction of sp³-hybridized carbons (Fsp3) is 0.471. The van der Waals surface area contributed by atoms with Gasteiger partial charge in [0.1, 0.15) is 5.82 Å². The van der Waals surface area contributed by atoms with Crippen molar-refractivity contribution in [2.75, 3.05) is 19.0 Å². The summed E-state index contributed by atoms with van der Waals surface area (Å²) in [6.45, 7) is 4.01. The van der Waals surface area contributed by atoms with Gasteiger partial charge in [0.25, 0.3) is 5.97 Å². The van der Waals surface area contributed by atoms with Gasteiger partial charge in [-0.2, -0.15) is 0 Å². The van der Waals surface area contributed by atoms with Gasteiger partial charge in [-0.3, -0.25) is 4.79 Å². The van der Waals surface area contributed by atoms with Gasteiger partial charge < -0.3 is 20.1 Å². The molecule has 0 spiro atoms. The van der Waals surface area contributed by atoms with E-state index in [0.29, 0.717) is 12.5 Å². The molecule has 0 saturated carbocycles. The summed E-state index contributed by atoms with van der Waals surface area (Å²) < 4.78 is 7.54. The molecule has 0 amide bonds. The van der Waals surface area contributed by atoms with Gasteiger partial charge in [-0.1, -0.05) is 42.1 Å². The second kappa shape index (κ2) is 10.2. The highest BCUT2D eigenvalue weighted by atomic mass is 32.2. The van der Waals surface area contributed by atoms with Crippen molar-refractivity contribution in [1.82, 2.24) is 14.8 Å². The molecular formula is C17H24N4O3S. The lowest BCUT2D eigenvalue weighted by molar-refractivity contribution is -0.134. The number of carbonyl (C=O) groups is 1. The van der Waals surface area contributed by atoms with Crippen LogP contribution in [0.4, 0.5) is 0 Å². The van der Waals surface area contributed by atoms with Crippen LogP contribution in [0, 0.1) is 5.92 Å². The van der Waals surface area contributed by atoms with Crippen LogP contribution in [0.1, 0.15) is 24.7 Å². The summed E-state index contributed by atoms with van der Waals surface area (Å²) in [6.07, 6.45) is 1.14. The maximum atomic E-state index is 9.00. The minimum Gasteiger partial charge on any atom is -0.481 e. The first-order chi connectivity index (χ1) is 12.1. The van der Waals surface area contributed by atoms with E-state index in [0.717, 1.165) is 49.8 Å². The molecule has 2 aromatic rings. The number of hydrogen-bond acceptors (Lipinski definition) is 6. The average molecular weight is 364 g/mol. The first kappa shape index (κ1) is 19.4. The molecule has 3 N–H and O–H groups in total. The fourth-order valence-corrected chi connectivity index (χ4v) is 3.48. The van der Waals surface area contributed by atoms with E-state index >= 15 is 0 Å². The Kier molecular flexibility index (Phi) is 7.90. The first-order valence-electron chi connectivity index (χ1n) is 8.16. The average Bonchev–Trinajstić information content (AvgIpc) is 3.23. The van der Waals surface area contributed by atoms with Gasteiger partial charge >= 0.3 is 0 Å². The number of aromatic nitrogens is 3. The third-order valence-corrected chi connectivity index (χ3v) is 4.83. The minimum atomic E-state index is -0.833. The van der Waals surface area contributed by atoms with Gasteiger partial charge in [-0.05, 0) is 17.9 Å². The van der Waals surface area contributed by atoms with Crippen molar-refractivity contribution in [2.45, 2.75) is 31.6 Å². The molecule has 1 saturated heterocycles. The van der Waals surface area contributed by atoms with Crippen molar-refractivity contribution in [3.63, 3.8) is 0 Å². The molecule has 1 aromatic carbocycles. The topological polar surface area (TPSA) is 103 Å². The molecule has 1 aromatic heterocycles. The van der Waals surface area contributed by atoms with Crippen molar-refractivity contribution in [1.29, 1.82) is 0 Å². The Morgan fingerprint density at radius 3 is 2.72 bits per heavy atom. The maximum Gasteiger partial charge on any atom is 0.300 e. The Labute approximate surface area is 151 Å². The maximum absolute atomic E-state index is 9.00. The van der Waals surface area contributed by atoms with Gasteiger partial charge in [0.15, 0.2) is 5.16 Å². The van der Waals surface area contributed by atoms with Crippen LogP contribution in [0.3, 0.4) is 0 Å². The number of nitrogens with zero attached hydrogens (tertiary/aromatic N) is 3. The molecule has 0 aliphatic carbocycles. The van der Waals surface area contributed by atoms with Crippen LogP contribution in [0.5, 0.6) is 0 Å². The van der Waals surface area contributed by atoms with Gasteiger partial charge in [0.2, 0.25) is 0 Å². The van der Waals surface area contributed by atoms with E-state index in [-0.39, 0.29) is 0 Å². The highest BCUT2D eigenvalue weighted by Crippen LogP contribution is 2.24.